The summed E-state index contributed by atoms with van der Waals surface area (Å²) in [6, 6.07) is 0. The van der Waals surface area contributed by atoms with Gasteiger partial charge in [0.15, 0.2) is 0 Å². The Morgan fingerprint density at radius 2 is 1.62 bits per heavy atom. The Labute approximate surface area is 95.6 Å². The molecule has 0 bridgehead atoms. The Hall–Kier alpha value is 1.76. The van der Waals surface area contributed by atoms with E-state index >= 15 is 0 Å². The number of allylic oxidation sites excluding steroid dienone is 2. The van der Waals surface area contributed by atoms with Crippen LogP contribution in [0, 0.1) is 6.58 Å². The largest absolute Gasteiger partial charge is 3.00 e. The summed E-state index contributed by atoms with van der Waals surface area (Å²) in [5.41, 5.74) is 0. The fourth-order valence-corrected chi connectivity index (χ4v) is 0.373. The Morgan fingerprint density at radius 3 is 1.62 bits per heavy atom. The van der Waals surface area contributed by atoms with Gasteiger partial charge in [-0.15, -0.1) is 0 Å². The average molecular weight is 337 g/mol. The van der Waals surface area contributed by atoms with E-state index < -0.39 is 0 Å². The molecule has 0 amide bonds. The molecule has 0 N–H and O–H groups in total. The summed E-state index contributed by atoms with van der Waals surface area (Å²) in [6.45, 7) is 4.94. The first-order valence-corrected chi connectivity index (χ1v) is 2.94. The SMILES string of the molecule is [CH-]=CC=[CH][SbH].[Cl-].[Cl-].[Zr+3]. The molecule has 0 fully saturated rings. The van der Waals surface area contributed by atoms with Gasteiger partial charge in [0.05, 0.1) is 0 Å². The van der Waals surface area contributed by atoms with Crippen LogP contribution in [0.2, 0.25) is 0 Å². The first-order valence-electron chi connectivity index (χ1n) is 1.29. The van der Waals surface area contributed by atoms with E-state index in [9.17, 15) is 0 Å². The van der Waals surface area contributed by atoms with E-state index in [-0.39, 0.29) is 51.0 Å². The third kappa shape index (κ3) is 25.1. The average Bonchev–Trinajstić information content (AvgIpc) is 1.41. The van der Waals surface area contributed by atoms with Crippen molar-refractivity contribution in [2.45, 2.75) is 0 Å². The molecule has 2 radical (unpaired) electrons. The molecule has 0 aromatic heterocycles. The molecule has 0 saturated carbocycles. The van der Waals surface area contributed by atoms with Gasteiger partial charge in [0, 0.05) is 0 Å². The van der Waals surface area contributed by atoms with Gasteiger partial charge in [-0.05, 0) is 0 Å². The van der Waals surface area contributed by atoms with Crippen molar-refractivity contribution in [2.75, 3.05) is 0 Å². The Kier molecular flexibility index (Phi) is 65.7. The van der Waals surface area contributed by atoms with E-state index in [1.807, 2.05) is 10.1 Å². The van der Waals surface area contributed by atoms with Crippen molar-refractivity contribution in [1.82, 2.24) is 0 Å². The molecule has 44 valence electrons. The minimum absolute atomic E-state index is 0. The van der Waals surface area contributed by atoms with Gasteiger partial charge in [-0.3, -0.25) is 0 Å². The zero-order chi connectivity index (χ0) is 4.12. The molecule has 0 spiro atoms. The van der Waals surface area contributed by atoms with Crippen LogP contribution in [-0.2, 0) is 26.2 Å². The van der Waals surface area contributed by atoms with Gasteiger partial charge in [-0.1, -0.05) is 0 Å². The van der Waals surface area contributed by atoms with Crippen molar-refractivity contribution in [3.05, 3.63) is 22.8 Å². The summed E-state index contributed by atoms with van der Waals surface area (Å²) in [7, 11) is 0. The van der Waals surface area contributed by atoms with Crippen LogP contribution in [0.15, 0.2) is 16.2 Å². The summed E-state index contributed by atoms with van der Waals surface area (Å²) in [5, 5.41) is 0. The van der Waals surface area contributed by atoms with E-state index in [4.69, 9.17) is 6.58 Å². The van der Waals surface area contributed by atoms with Gasteiger partial charge in [-0.2, -0.15) is 0 Å². The van der Waals surface area contributed by atoms with E-state index in [1.54, 1.807) is 0 Å². The summed E-state index contributed by atoms with van der Waals surface area (Å²) in [5.74, 6) is 0. The van der Waals surface area contributed by atoms with Crippen LogP contribution in [0.3, 0.4) is 0 Å². The fourth-order valence-electron chi connectivity index (χ4n) is 0.0556. The summed E-state index contributed by atoms with van der Waals surface area (Å²) in [6.07, 6.45) is 3.34. The maximum Gasteiger partial charge on any atom is 3.00 e. The molecule has 0 rings (SSSR count). The van der Waals surface area contributed by atoms with Crippen molar-refractivity contribution in [1.29, 1.82) is 0 Å². The molecule has 0 heterocycles. The first-order chi connectivity index (χ1) is 2.41. The van der Waals surface area contributed by atoms with Crippen LogP contribution in [0.25, 0.3) is 0 Å². The maximum atomic E-state index is 4.94. The maximum absolute atomic E-state index is 4.94. The van der Waals surface area contributed by atoms with Gasteiger partial charge in [0.25, 0.3) is 0 Å². The molecule has 8 heavy (non-hydrogen) atoms. The molecular weight excluding hydrogens is 332 g/mol. The van der Waals surface area contributed by atoms with Crippen LogP contribution < -0.4 is 24.8 Å². The number of hydrogen-bond donors (Lipinski definition) is 0. The molecule has 0 aromatic rings. The summed E-state index contributed by atoms with van der Waals surface area (Å²) >= 11 is 1.39. The van der Waals surface area contributed by atoms with Crippen LogP contribution in [0.4, 0.5) is 0 Å². The zero-order valence-corrected chi connectivity index (χ0v) is 10.9. The molecule has 0 saturated heterocycles. The van der Waals surface area contributed by atoms with Crippen LogP contribution >= 0.6 is 0 Å². The van der Waals surface area contributed by atoms with Gasteiger partial charge in [-0.25, -0.2) is 0 Å². The molecule has 0 aliphatic carbocycles. The smallest absolute Gasteiger partial charge is 1.00 e. The molecule has 0 nitrogen and oxygen atoms in total. The fraction of sp³-hybridized carbons (Fsp3) is 0. The van der Waals surface area contributed by atoms with Gasteiger partial charge < -0.3 is 24.8 Å². The molecule has 0 aliphatic heterocycles. The van der Waals surface area contributed by atoms with Gasteiger partial charge in [0.1, 0.15) is 0 Å². The normalized spacial score (nSPS) is 5.62. The third-order valence-electron chi connectivity index (χ3n) is 0.207. The quantitative estimate of drug-likeness (QED) is 0.254. The Bertz CT molecular complexity index is 56.0. The van der Waals surface area contributed by atoms with Crippen molar-refractivity contribution in [2.24, 2.45) is 0 Å². The molecule has 0 aromatic carbocycles. The van der Waals surface area contributed by atoms with Gasteiger partial charge >= 0.3 is 72.0 Å². The van der Waals surface area contributed by atoms with E-state index in [1.165, 1.54) is 29.1 Å². The first kappa shape index (κ1) is 22.6. The summed E-state index contributed by atoms with van der Waals surface area (Å²) in [4.78, 5) is 0. The summed E-state index contributed by atoms with van der Waals surface area (Å²) < 4.78 is 1.96. The topological polar surface area (TPSA) is 0 Å². The predicted octanol–water partition coefficient (Wildman–Crippen LogP) is -5.60. The minimum Gasteiger partial charge on any atom is -1.00 e. The predicted molar refractivity (Wildman–Crippen MR) is 25.2 cm³/mol. The number of hydrogen-bond acceptors (Lipinski definition) is 0. The van der Waals surface area contributed by atoms with Crippen LogP contribution in [0.1, 0.15) is 0 Å². The zero-order valence-electron chi connectivity index (χ0n) is 4.07. The van der Waals surface area contributed by atoms with Gasteiger partial charge in [0.2, 0.25) is 0 Å². The molecule has 0 aliphatic rings. The molecular formula is C4H5Cl2SbZr. The Morgan fingerprint density at radius 1 is 1.25 bits per heavy atom. The van der Waals surface area contributed by atoms with Crippen molar-refractivity contribution < 1.29 is 51.0 Å². The molecule has 0 unspecified atom stereocenters. The van der Waals surface area contributed by atoms with Crippen molar-refractivity contribution in [3.8, 4) is 0 Å². The van der Waals surface area contributed by atoms with Crippen LogP contribution in [0.5, 0.6) is 0 Å². The van der Waals surface area contributed by atoms with Crippen LogP contribution in [-0.4, -0.2) is 23.0 Å². The minimum atomic E-state index is 0. The van der Waals surface area contributed by atoms with E-state index in [0.717, 1.165) is 0 Å². The van der Waals surface area contributed by atoms with Crippen molar-refractivity contribution >= 4 is 23.0 Å². The van der Waals surface area contributed by atoms with E-state index in [0.29, 0.717) is 0 Å². The third-order valence-corrected chi connectivity index (χ3v) is 0.757. The monoisotopic (exact) mass is 334 g/mol. The second kappa shape index (κ2) is 23.3. The Balaban J connectivity index is -0.0000000267. The number of rotatable bonds is 1. The second-order valence-electron chi connectivity index (χ2n) is 0.552. The standard InChI is InChI=1S/C4H4.2ClH.Sb.Zr.H/c1-3-4-2;;;;;/h1-4H;2*1H;;;/q-1;;;;+3;/p-2. The van der Waals surface area contributed by atoms with Crippen molar-refractivity contribution in [3.63, 3.8) is 0 Å². The number of halogens is 2. The van der Waals surface area contributed by atoms with E-state index in [2.05, 4.69) is 0 Å². The second-order valence-corrected chi connectivity index (χ2v) is 1.50. The molecule has 0 atom stereocenters. The molecule has 4 heteroatoms.